The molecule has 2 heteroatoms. The summed E-state index contributed by atoms with van der Waals surface area (Å²) in [4.78, 5) is 10.8. The molecule has 0 amide bonds. The van der Waals surface area contributed by atoms with Gasteiger partial charge in [0, 0.05) is 0 Å². The summed E-state index contributed by atoms with van der Waals surface area (Å²) in [5, 5.41) is 0. The molecule has 19 heavy (non-hydrogen) atoms. The molecule has 0 unspecified atom stereocenters. The lowest BCUT2D eigenvalue weighted by molar-refractivity contribution is -0.139. The van der Waals surface area contributed by atoms with E-state index in [0.717, 1.165) is 6.42 Å². The largest absolute Gasteiger partial charge is 0.469 e. The molecule has 0 aliphatic carbocycles. The molecule has 0 N–H and O–H groups in total. The van der Waals surface area contributed by atoms with Crippen molar-refractivity contribution in [1.82, 2.24) is 0 Å². The van der Waals surface area contributed by atoms with Crippen LogP contribution in [0.25, 0.3) is 0 Å². The van der Waals surface area contributed by atoms with Gasteiger partial charge in [-0.25, -0.2) is 0 Å². The highest BCUT2D eigenvalue weighted by atomic mass is 16.5. The predicted octanol–water partition coefficient (Wildman–Crippen LogP) is 5.42. The van der Waals surface area contributed by atoms with Crippen LogP contribution in [0.15, 0.2) is 12.2 Å². The maximum atomic E-state index is 10.8. The zero-order valence-corrected chi connectivity index (χ0v) is 13.0. The Morgan fingerprint density at radius 3 is 1.89 bits per heavy atom. The van der Waals surface area contributed by atoms with Gasteiger partial charge in [0.15, 0.2) is 0 Å². The van der Waals surface area contributed by atoms with Gasteiger partial charge in [0.25, 0.3) is 0 Å². The number of methoxy groups -OCH3 is 1. The van der Waals surface area contributed by atoms with Gasteiger partial charge in [-0.2, -0.15) is 0 Å². The van der Waals surface area contributed by atoms with E-state index in [4.69, 9.17) is 0 Å². The number of hydrogen-bond donors (Lipinski definition) is 0. The van der Waals surface area contributed by atoms with Crippen molar-refractivity contribution in [2.24, 2.45) is 0 Å². The molecule has 0 radical (unpaired) electrons. The van der Waals surface area contributed by atoms with E-state index in [0.29, 0.717) is 6.42 Å². The Morgan fingerprint density at radius 2 is 1.37 bits per heavy atom. The van der Waals surface area contributed by atoms with E-state index < -0.39 is 0 Å². The van der Waals surface area contributed by atoms with Crippen LogP contribution in [0.2, 0.25) is 0 Å². The Balaban J connectivity index is 3.08. The van der Waals surface area contributed by atoms with Crippen LogP contribution < -0.4 is 0 Å². The molecular formula is C17H32O2. The minimum atomic E-state index is -0.153. The molecule has 0 spiro atoms. The number of rotatable bonds is 13. The standard InChI is InChI=1S/C17H32O2/c1-3-4-5-6-7-8-9-10-11-12-13-14-15-16-17(18)19-2/h14-15H,3-13,16H2,1-2H3. The normalized spacial score (nSPS) is 11.1. The summed E-state index contributed by atoms with van der Waals surface area (Å²) in [6.45, 7) is 2.26. The number of hydrogen-bond acceptors (Lipinski definition) is 2. The van der Waals surface area contributed by atoms with Gasteiger partial charge in [0.2, 0.25) is 0 Å². The summed E-state index contributed by atoms with van der Waals surface area (Å²) in [6.07, 6.45) is 19.2. The van der Waals surface area contributed by atoms with Crippen molar-refractivity contribution < 1.29 is 9.53 Å². The van der Waals surface area contributed by atoms with Crippen LogP contribution in [0, 0.1) is 0 Å². The highest BCUT2D eigenvalue weighted by molar-refractivity contribution is 5.70. The van der Waals surface area contributed by atoms with Crippen molar-refractivity contribution >= 4 is 5.97 Å². The molecule has 0 atom stereocenters. The number of esters is 1. The second-order valence-electron chi connectivity index (χ2n) is 5.22. The summed E-state index contributed by atoms with van der Waals surface area (Å²) in [5.41, 5.74) is 0. The molecule has 0 saturated heterocycles. The highest BCUT2D eigenvalue weighted by Gasteiger charge is 1.94. The molecule has 0 fully saturated rings. The minimum Gasteiger partial charge on any atom is -0.469 e. The summed E-state index contributed by atoms with van der Waals surface area (Å²) in [5.74, 6) is -0.153. The lowest BCUT2D eigenvalue weighted by Crippen LogP contribution is -1.96. The van der Waals surface area contributed by atoms with Crippen LogP contribution in [0.5, 0.6) is 0 Å². The monoisotopic (exact) mass is 268 g/mol. The molecule has 0 aromatic heterocycles. The first kappa shape index (κ1) is 18.2. The summed E-state index contributed by atoms with van der Waals surface area (Å²) in [6, 6.07) is 0. The van der Waals surface area contributed by atoms with E-state index in [-0.39, 0.29) is 5.97 Å². The van der Waals surface area contributed by atoms with Gasteiger partial charge in [0.1, 0.15) is 0 Å². The fraction of sp³-hybridized carbons (Fsp3) is 0.824. The third-order valence-corrected chi connectivity index (χ3v) is 3.40. The fourth-order valence-corrected chi connectivity index (χ4v) is 2.13. The molecule has 0 aromatic carbocycles. The summed E-state index contributed by atoms with van der Waals surface area (Å²) in [7, 11) is 1.43. The van der Waals surface area contributed by atoms with Gasteiger partial charge in [-0.3, -0.25) is 4.79 Å². The average molecular weight is 268 g/mol. The lowest BCUT2D eigenvalue weighted by atomic mass is 10.1. The third-order valence-electron chi connectivity index (χ3n) is 3.40. The van der Waals surface area contributed by atoms with Crippen molar-refractivity contribution in [3.8, 4) is 0 Å². The SMILES string of the molecule is CCCCCCCCCCCCC=CCC(=O)OC. The van der Waals surface area contributed by atoms with Gasteiger partial charge >= 0.3 is 5.97 Å². The molecule has 0 aromatic rings. The molecule has 2 nitrogen and oxygen atoms in total. The number of carbonyl (C=O) groups excluding carboxylic acids is 1. The zero-order chi connectivity index (χ0) is 14.2. The van der Waals surface area contributed by atoms with E-state index in [1.54, 1.807) is 0 Å². The first-order valence-corrected chi connectivity index (χ1v) is 8.03. The van der Waals surface area contributed by atoms with Crippen molar-refractivity contribution in [3.63, 3.8) is 0 Å². The van der Waals surface area contributed by atoms with Crippen LogP contribution in [-0.2, 0) is 9.53 Å². The molecule has 0 bridgehead atoms. The second kappa shape index (κ2) is 15.3. The van der Waals surface area contributed by atoms with Crippen molar-refractivity contribution in [3.05, 3.63) is 12.2 Å². The van der Waals surface area contributed by atoms with Gasteiger partial charge in [-0.15, -0.1) is 0 Å². The smallest absolute Gasteiger partial charge is 0.309 e. The predicted molar refractivity (Wildman–Crippen MR) is 82.2 cm³/mol. The van der Waals surface area contributed by atoms with Gasteiger partial charge in [-0.05, 0) is 12.8 Å². The van der Waals surface area contributed by atoms with Crippen LogP contribution in [0.1, 0.15) is 84.0 Å². The van der Waals surface area contributed by atoms with E-state index in [2.05, 4.69) is 17.7 Å². The van der Waals surface area contributed by atoms with E-state index in [1.165, 1.54) is 71.3 Å². The summed E-state index contributed by atoms with van der Waals surface area (Å²) < 4.78 is 4.57. The lowest BCUT2D eigenvalue weighted by Gasteiger charge is -2.01. The Labute approximate surface area is 119 Å². The maximum Gasteiger partial charge on any atom is 0.309 e. The molecule has 0 aliphatic heterocycles. The number of carbonyl (C=O) groups is 1. The van der Waals surface area contributed by atoms with Crippen LogP contribution in [-0.4, -0.2) is 13.1 Å². The van der Waals surface area contributed by atoms with E-state index in [1.807, 2.05) is 6.08 Å². The molecule has 112 valence electrons. The number of allylic oxidation sites excluding steroid dienone is 1. The van der Waals surface area contributed by atoms with Crippen molar-refractivity contribution in [2.75, 3.05) is 7.11 Å². The second-order valence-corrected chi connectivity index (χ2v) is 5.22. The zero-order valence-electron chi connectivity index (χ0n) is 13.0. The van der Waals surface area contributed by atoms with Gasteiger partial charge in [0.05, 0.1) is 13.5 Å². The topological polar surface area (TPSA) is 26.3 Å². The number of unbranched alkanes of at least 4 members (excludes halogenated alkanes) is 10. The summed E-state index contributed by atoms with van der Waals surface area (Å²) >= 11 is 0. The quantitative estimate of drug-likeness (QED) is 0.253. The highest BCUT2D eigenvalue weighted by Crippen LogP contribution is 2.11. The molecular weight excluding hydrogens is 236 g/mol. The van der Waals surface area contributed by atoms with E-state index in [9.17, 15) is 4.79 Å². The average Bonchev–Trinajstić information content (AvgIpc) is 2.43. The van der Waals surface area contributed by atoms with Crippen molar-refractivity contribution in [2.45, 2.75) is 84.0 Å². The van der Waals surface area contributed by atoms with Crippen LogP contribution in [0.4, 0.5) is 0 Å². The Morgan fingerprint density at radius 1 is 0.842 bits per heavy atom. The maximum absolute atomic E-state index is 10.8. The van der Waals surface area contributed by atoms with Gasteiger partial charge < -0.3 is 4.74 Å². The molecule has 0 heterocycles. The Kier molecular flexibility index (Phi) is 14.6. The Bertz CT molecular complexity index is 221. The molecule has 0 saturated carbocycles. The van der Waals surface area contributed by atoms with Crippen molar-refractivity contribution in [1.29, 1.82) is 0 Å². The number of ether oxygens (including phenoxy) is 1. The third kappa shape index (κ3) is 15.2. The molecule has 0 aliphatic rings. The van der Waals surface area contributed by atoms with Gasteiger partial charge in [-0.1, -0.05) is 76.9 Å². The minimum absolute atomic E-state index is 0.153. The Hall–Kier alpha value is -0.790. The van der Waals surface area contributed by atoms with E-state index >= 15 is 0 Å². The van der Waals surface area contributed by atoms with Crippen LogP contribution >= 0.6 is 0 Å². The van der Waals surface area contributed by atoms with Crippen LogP contribution in [0.3, 0.4) is 0 Å². The molecule has 0 rings (SSSR count). The fourth-order valence-electron chi connectivity index (χ4n) is 2.13. The first-order valence-electron chi connectivity index (χ1n) is 8.03. The first-order chi connectivity index (χ1) is 9.31.